The minimum Gasteiger partial charge on any atom is -0.480 e. The summed E-state index contributed by atoms with van der Waals surface area (Å²) in [6.45, 7) is 1.19. The van der Waals surface area contributed by atoms with Crippen LogP contribution in [0.4, 0.5) is 4.79 Å². The van der Waals surface area contributed by atoms with E-state index in [1.54, 1.807) is 0 Å². The summed E-state index contributed by atoms with van der Waals surface area (Å²) in [7, 11) is 0. The number of carboxylic acid groups (broad SMARTS) is 1. The molecule has 18 heavy (non-hydrogen) atoms. The van der Waals surface area contributed by atoms with Crippen molar-refractivity contribution >= 4 is 12.0 Å². The fourth-order valence-electron chi connectivity index (χ4n) is 2.36. The fourth-order valence-corrected chi connectivity index (χ4v) is 2.36. The summed E-state index contributed by atoms with van der Waals surface area (Å²) in [5.41, 5.74) is -1.04. The van der Waals surface area contributed by atoms with Gasteiger partial charge in [0, 0.05) is 13.2 Å². The number of urea groups is 1. The van der Waals surface area contributed by atoms with E-state index < -0.39 is 17.5 Å². The fraction of sp³-hybridized carbons (Fsp3) is 0.833. The van der Waals surface area contributed by atoms with Gasteiger partial charge in [0.15, 0.2) is 0 Å². The van der Waals surface area contributed by atoms with Gasteiger partial charge in [0.05, 0.1) is 6.10 Å². The van der Waals surface area contributed by atoms with Crippen LogP contribution in [0.3, 0.4) is 0 Å². The molecule has 6 heteroatoms. The normalized spacial score (nSPS) is 25.9. The minimum absolute atomic E-state index is 0.0617. The number of amides is 2. The number of nitrogens with one attached hydrogen (secondary N) is 2. The number of carbonyl (C=O) groups is 2. The van der Waals surface area contributed by atoms with Gasteiger partial charge in [-0.25, -0.2) is 9.59 Å². The predicted molar refractivity (Wildman–Crippen MR) is 64.3 cm³/mol. The molecule has 0 bridgehead atoms. The SMILES string of the molecule is O=C(NCC1CCCCO1)NC1(C(=O)O)CCC1. The Labute approximate surface area is 106 Å². The van der Waals surface area contributed by atoms with E-state index in [1.807, 2.05) is 0 Å². The van der Waals surface area contributed by atoms with Crippen molar-refractivity contribution in [3.8, 4) is 0 Å². The topological polar surface area (TPSA) is 87.7 Å². The average molecular weight is 256 g/mol. The maximum absolute atomic E-state index is 11.7. The zero-order chi connectivity index (χ0) is 13.0. The molecule has 1 atom stereocenters. The molecule has 2 amide bonds. The predicted octanol–water partition coefficient (Wildman–Crippen LogP) is 0.862. The Morgan fingerprint density at radius 2 is 2.06 bits per heavy atom. The molecule has 2 fully saturated rings. The molecule has 1 saturated heterocycles. The first-order chi connectivity index (χ1) is 8.62. The van der Waals surface area contributed by atoms with E-state index in [2.05, 4.69) is 10.6 Å². The van der Waals surface area contributed by atoms with Crippen LogP contribution in [0.25, 0.3) is 0 Å². The number of hydrogen-bond acceptors (Lipinski definition) is 3. The summed E-state index contributed by atoms with van der Waals surface area (Å²) in [4.78, 5) is 22.7. The van der Waals surface area contributed by atoms with Crippen molar-refractivity contribution in [1.82, 2.24) is 10.6 Å². The molecule has 1 saturated carbocycles. The highest BCUT2D eigenvalue weighted by atomic mass is 16.5. The maximum atomic E-state index is 11.7. The van der Waals surface area contributed by atoms with E-state index in [-0.39, 0.29) is 6.10 Å². The van der Waals surface area contributed by atoms with Gasteiger partial charge in [0.25, 0.3) is 0 Å². The van der Waals surface area contributed by atoms with Crippen molar-refractivity contribution in [2.75, 3.05) is 13.2 Å². The molecule has 2 aliphatic rings. The van der Waals surface area contributed by atoms with Crippen LogP contribution >= 0.6 is 0 Å². The Morgan fingerprint density at radius 1 is 1.28 bits per heavy atom. The Bertz CT molecular complexity index is 322. The molecule has 0 aromatic heterocycles. The minimum atomic E-state index is -1.04. The quantitative estimate of drug-likeness (QED) is 0.696. The summed E-state index contributed by atoms with van der Waals surface area (Å²) >= 11 is 0. The molecule has 3 N–H and O–H groups in total. The summed E-state index contributed by atoms with van der Waals surface area (Å²) in [5, 5.41) is 14.3. The molecule has 0 radical (unpaired) electrons. The summed E-state index contributed by atoms with van der Waals surface area (Å²) in [6, 6.07) is -0.411. The molecular weight excluding hydrogens is 236 g/mol. The zero-order valence-corrected chi connectivity index (χ0v) is 10.4. The van der Waals surface area contributed by atoms with Crippen molar-refractivity contribution in [1.29, 1.82) is 0 Å². The number of rotatable bonds is 4. The van der Waals surface area contributed by atoms with Crippen molar-refractivity contribution in [3.63, 3.8) is 0 Å². The van der Waals surface area contributed by atoms with Gasteiger partial charge in [-0.1, -0.05) is 0 Å². The lowest BCUT2D eigenvalue weighted by Gasteiger charge is -2.38. The summed E-state index contributed by atoms with van der Waals surface area (Å²) in [5.74, 6) is -0.946. The van der Waals surface area contributed by atoms with Gasteiger partial charge in [0.2, 0.25) is 0 Å². The van der Waals surface area contributed by atoms with Crippen LogP contribution in [0.15, 0.2) is 0 Å². The Morgan fingerprint density at radius 3 is 2.56 bits per heavy atom. The van der Waals surface area contributed by atoms with Crippen molar-refractivity contribution in [2.24, 2.45) is 0 Å². The molecule has 0 spiro atoms. The van der Waals surface area contributed by atoms with Crippen LogP contribution < -0.4 is 10.6 Å². The van der Waals surface area contributed by atoms with Crippen LogP contribution in [0, 0.1) is 0 Å². The Kier molecular flexibility index (Phi) is 4.06. The number of carboxylic acids is 1. The van der Waals surface area contributed by atoms with E-state index >= 15 is 0 Å². The molecule has 0 aromatic rings. The van der Waals surface area contributed by atoms with Gasteiger partial charge in [-0.3, -0.25) is 0 Å². The van der Waals surface area contributed by atoms with E-state index in [0.29, 0.717) is 19.4 Å². The number of aliphatic carboxylic acids is 1. The van der Waals surface area contributed by atoms with Crippen LogP contribution in [0.5, 0.6) is 0 Å². The molecular formula is C12H20N2O4. The van der Waals surface area contributed by atoms with E-state index in [1.165, 1.54) is 0 Å². The highest BCUT2D eigenvalue weighted by Gasteiger charge is 2.45. The van der Waals surface area contributed by atoms with Crippen molar-refractivity contribution < 1.29 is 19.4 Å². The highest BCUT2D eigenvalue weighted by Crippen LogP contribution is 2.31. The lowest BCUT2D eigenvalue weighted by molar-refractivity contribution is -0.148. The first-order valence-electron chi connectivity index (χ1n) is 6.53. The third-order valence-corrected chi connectivity index (χ3v) is 3.73. The van der Waals surface area contributed by atoms with Gasteiger partial charge >= 0.3 is 12.0 Å². The number of hydrogen-bond donors (Lipinski definition) is 3. The second-order valence-electron chi connectivity index (χ2n) is 5.06. The maximum Gasteiger partial charge on any atom is 0.329 e. The van der Waals surface area contributed by atoms with Crippen molar-refractivity contribution in [2.45, 2.75) is 50.2 Å². The first-order valence-corrected chi connectivity index (χ1v) is 6.53. The van der Waals surface area contributed by atoms with Gasteiger partial charge in [-0.05, 0) is 38.5 Å². The molecule has 102 valence electrons. The van der Waals surface area contributed by atoms with Gasteiger partial charge in [0.1, 0.15) is 5.54 Å². The molecule has 6 nitrogen and oxygen atoms in total. The summed E-state index contributed by atoms with van der Waals surface area (Å²) < 4.78 is 5.49. The van der Waals surface area contributed by atoms with E-state index in [0.717, 1.165) is 32.3 Å². The second-order valence-corrected chi connectivity index (χ2v) is 5.06. The first kappa shape index (κ1) is 13.1. The highest BCUT2D eigenvalue weighted by molar-refractivity contribution is 5.87. The van der Waals surface area contributed by atoms with Gasteiger partial charge in [-0.15, -0.1) is 0 Å². The third kappa shape index (κ3) is 2.93. The summed E-state index contributed by atoms with van der Waals surface area (Å²) in [6.07, 6.45) is 5.07. The van der Waals surface area contributed by atoms with E-state index in [4.69, 9.17) is 9.84 Å². The molecule has 1 heterocycles. The van der Waals surface area contributed by atoms with Crippen LogP contribution in [-0.4, -0.2) is 41.9 Å². The second kappa shape index (κ2) is 5.56. The molecule has 2 rings (SSSR count). The Hall–Kier alpha value is -1.30. The molecule has 1 unspecified atom stereocenters. The molecule has 0 aromatic carbocycles. The standard InChI is InChI=1S/C12H20N2O4/c15-10(16)12(5-3-6-12)14-11(17)13-8-9-4-1-2-7-18-9/h9H,1-8H2,(H,15,16)(H2,13,14,17). The monoisotopic (exact) mass is 256 g/mol. The molecule has 1 aliphatic heterocycles. The van der Waals surface area contributed by atoms with Crippen LogP contribution in [0.1, 0.15) is 38.5 Å². The lowest BCUT2D eigenvalue weighted by Crippen LogP contribution is -2.61. The smallest absolute Gasteiger partial charge is 0.329 e. The zero-order valence-electron chi connectivity index (χ0n) is 10.4. The third-order valence-electron chi connectivity index (χ3n) is 3.73. The average Bonchev–Trinajstić information content (AvgIpc) is 2.32. The van der Waals surface area contributed by atoms with Crippen LogP contribution in [0.2, 0.25) is 0 Å². The molecule has 1 aliphatic carbocycles. The van der Waals surface area contributed by atoms with Gasteiger partial charge in [-0.2, -0.15) is 0 Å². The van der Waals surface area contributed by atoms with Crippen molar-refractivity contribution in [3.05, 3.63) is 0 Å². The lowest BCUT2D eigenvalue weighted by atomic mass is 9.77. The largest absolute Gasteiger partial charge is 0.480 e. The Balaban J connectivity index is 1.73. The van der Waals surface area contributed by atoms with Gasteiger partial charge < -0.3 is 20.5 Å². The van der Waals surface area contributed by atoms with Crippen LogP contribution in [-0.2, 0) is 9.53 Å². The van der Waals surface area contributed by atoms with E-state index in [9.17, 15) is 9.59 Å². The number of ether oxygens (including phenoxy) is 1. The number of carbonyl (C=O) groups excluding carboxylic acids is 1.